The van der Waals surface area contributed by atoms with Gasteiger partial charge >= 0.3 is 0 Å². The summed E-state index contributed by atoms with van der Waals surface area (Å²) in [7, 11) is 0. The van der Waals surface area contributed by atoms with Gasteiger partial charge in [0.15, 0.2) is 5.13 Å². The summed E-state index contributed by atoms with van der Waals surface area (Å²) in [6.07, 6.45) is 0. The smallest absolute Gasteiger partial charge is 0.240 e. The molecule has 0 bridgehead atoms. The lowest BCUT2D eigenvalue weighted by molar-refractivity contribution is -0.118. The fourth-order valence-electron chi connectivity index (χ4n) is 2.59. The van der Waals surface area contributed by atoms with Crippen LogP contribution in [0.4, 0.5) is 21.0 Å². The van der Waals surface area contributed by atoms with Crippen LogP contribution in [0.3, 0.4) is 0 Å². The van der Waals surface area contributed by atoms with Crippen LogP contribution >= 0.6 is 27.3 Å². The van der Waals surface area contributed by atoms with E-state index < -0.39 is 17.8 Å². The number of thiazole rings is 1. The van der Waals surface area contributed by atoms with Gasteiger partial charge in [-0.25, -0.2) is 9.37 Å². The highest BCUT2D eigenvalue weighted by molar-refractivity contribution is 9.10. The summed E-state index contributed by atoms with van der Waals surface area (Å²) >= 11 is 4.34. The molecule has 0 spiro atoms. The van der Waals surface area contributed by atoms with Crippen LogP contribution < -0.4 is 16.4 Å². The number of nitrogen functional groups attached to an aromatic ring is 1. The van der Waals surface area contributed by atoms with Gasteiger partial charge in [-0.3, -0.25) is 9.59 Å². The number of benzene rings is 2. The zero-order valence-electron chi connectivity index (χ0n) is 14.7. The third kappa shape index (κ3) is 3.90. The van der Waals surface area contributed by atoms with Crippen LogP contribution in [-0.4, -0.2) is 22.7 Å². The number of anilines is 3. The van der Waals surface area contributed by atoms with Crippen LogP contribution in [0.1, 0.15) is 22.2 Å². The maximum absolute atomic E-state index is 13.5. The molecule has 1 amide bonds. The third-order valence-corrected chi connectivity index (χ3v) is 5.76. The Hall–Kier alpha value is -2.78. The molecule has 0 aliphatic carbocycles. The first-order valence-corrected chi connectivity index (χ1v) is 9.80. The summed E-state index contributed by atoms with van der Waals surface area (Å²) in [5.74, 6) is -1.28. The van der Waals surface area contributed by atoms with Crippen molar-refractivity contribution in [2.24, 2.45) is 5.73 Å². The number of halogens is 2. The number of amides is 1. The van der Waals surface area contributed by atoms with E-state index in [0.717, 1.165) is 11.3 Å². The number of carbonyl (C=O) groups is 2. The first-order valence-electron chi connectivity index (χ1n) is 8.19. The highest BCUT2D eigenvalue weighted by Crippen LogP contribution is 2.39. The number of hydrogen-bond acceptors (Lipinski definition) is 6. The van der Waals surface area contributed by atoms with Gasteiger partial charge in [0.05, 0.1) is 5.69 Å². The Balaban J connectivity index is 2.09. The summed E-state index contributed by atoms with van der Waals surface area (Å²) in [4.78, 5) is 30.7. The molecule has 1 unspecified atom stereocenters. The quantitative estimate of drug-likeness (QED) is 0.541. The molecule has 0 fully saturated rings. The molecule has 0 saturated heterocycles. The molecular formula is C19H16BrFN4O2S. The number of hydrogen-bond donors (Lipinski definition) is 2. The molecule has 1 atom stereocenters. The highest BCUT2D eigenvalue weighted by Gasteiger charge is 2.28. The van der Waals surface area contributed by atoms with Crippen molar-refractivity contribution in [3.63, 3.8) is 0 Å². The van der Waals surface area contributed by atoms with Crippen LogP contribution in [-0.2, 0) is 4.79 Å². The Bertz CT molecular complexity index is 1040. The molecule has 0 radical (unpaired) electrons. The van der Waals surface area contributed by atoms with Crippen molar-refractivity contribution in [3.8, 4) is 0 Å². The van der Waals surface area contributed by atoms with Gasteiger partial charge in [0, 0.05) is 10.0 Å². The molecule has 3 aromatic rings. The molecule has 6 nitrogen and oxygen atoms in total. The first-order chi connectivity index (χ1) is 13.3. The maximum Gasteiger partial charge on any atom is 0.240 e. The molecule has 28 heavy (non-hydrogen) atoms. The Morgan fingerprint density at radius 3 is 2.50 bits per heavy atom. The Kier molecular flexibility index (Phi) is 5.76. The second-order valence-corrected chi connectivity index (χ2v) is 7.78. The lowest BCUT2D eigenvalue weighted by Crippen LogP contribution is -2.40. The molecule has 0 saturated carbocycles. The number of nitrogens with two attached hydrogens (primary N) is 2. The summed E-state index contributed by atoms with van der Waals surface area (Å²) < 4.78 is 13.9. The number of primary amides is 1. The summed E-state index contributed by atoms with van der Waals surface area (Å²) in [6.45, 7) is 1.59. The number of nitrogens with zero attached hydrogens (tertiary/aromatic N) is 2. The first kappa shape index (κ1) is 20.0. The van der Waals surface area contributed by atoms with Crippen LogP contribution in [0.25, 0.3) is 0 Å². The average Bonchev–Trinajstić information content (AvgIpc) is 3.04. The van der Waals surface area contributed by atoms with Gasteiger partial charge in [-0.15, -0.1) is 0 Å². The number of rotatable bonds is 6. The van der Waals surface area contributed by atoms with Crippen molar-refractivity contribution in [2.75, 3.05) is 10.6 Å². The maximum atomic E-state index is 13.5. The molecule has 1 aromatic heterocycles. The van der Waals surface area contributed by atoms with Gasteiger partial charge in [0.25, 0.3) is 0 Å². The lowest BCUT2D eigenvalue weighted by atomic mass is 10.1. The normalized spacial score (nSPS) is 11.8. The van der Waals surface area contributed by atoms with Crippen molar-refractivity contribution >= 4 is 55.6 Å². The summed E-state index contributed by atoms with van der Waals surface area (Å²) in [5.41, 5.74) is 12.4. The number of ketones is 1. The topological polar surface area (TPSA) is 102 Å². The highest BCUT2D eigenvalue weighted by atomic mass is 79.9. The largest absolute Gasteiger partial charge is 0.382 e. The Labute approximate surface area is 173 Å². The summed E-state index contributed by atoms with van der Waals surface area (Å²) in [5, 5.41) is 0.301. The lowest BCUT2D eigenvalue weighted by Gasteiger charge is -2.27. The predicted octanol–water partition coefficient (Wildman–Crippen LogP) is 3.87. The van der Waals surface area contributed by atoms with Crippen LogP contribution in [0, 0.1) is 5.82 Å². The van der Waals surface area contributed by atoms with Crippen molar-refractivity contribution in [3.05, 3.63) is 69.3 Å². The second kappa shape index (κ2) is 8.07. The zero-order chi connectivity index (χ0) is 20.4. The molecule has 2 aromatic carbocycles. The third-order valence-electron chi connectivity index (χ3n) is 4.06. The molecular weight excluding hydrogens is 447 g/mol. The van der Waals surface area contributed by atoms with Gasteiger partial charge in [0.2, 0.25) is 11.7 Å². The van der Waals surface area contributed by atoms with Gasteiger partial charge in [-0.05, 0) is 41.1 Å². The number of aromatic nitrogens is 1. The minimum absolute atomic E-state index is 0.0498. The van der Waals surface area contributed by atoms with E-state index in [1.807, 2.05) is 0 Å². The number of carbonyl (C=O) groups excluding carboxylic acids is 2. The summed E-state index contributed by atoms with van der Waals surface area (Å²) in [6, 6.07) is 11.9. The molecule has 144 valence electrons. The van der Waals surface area contributed by atoms with E-state index in [1.165, 1.54) is 23.1 Å². The van der Waals surface area contributed by atoms with Crippen molar-refractivity contribution in [1.82, 2.24) is 4.98 Å². The van der Waals surface area contributed by atoms with Gasteiger partial charge in [0.1, 0.15) is 22.6 Å². The van der Waals surface area contributed by atoms with Gasteiger partial charge in [-0.1, -0.05) is 41.7 Å². The van der Waals surface area contributed by atoms with Crippen molar-refractivity contribution < 1.29 is 14.0 Å². The average molecular weight is 463 g/mol. The van der Waals surface area contributed by atoms with Crippen molar-refractivity contribution in [1.29, 1.82) is 0 Å². The van der Waals surface area contributed by atoms with Crippen LogP contribution in [0.5, 0.6) is 0 Å². The second-order valence-electron chi connectivity index (χ2n) is 5.95. The fourth-order valence-corrected chi connectivity index (χ4v) is 4.17. The molecule has 9 heteroatoms. The zero-order valence-corrected chi connectivity index (χ0v) is 17.1. The van der Waals surface area contributed by atoms with E-state index in [2.05, 4.69) is 20.9 Å². The van der Waals surface area contributed by atoms with E-state index in [4.69, 9.17) is 11.5 Å². The van der Waals surface area contributed by atoms with Crippen molar-refractivity contribution in [2.45, 2.75) is 13.0 Å². The Morgan fingerprint density at radius 2 is 1.89 bits per heavy atom. The van der Waals surface area contributed by atoms with E-state index in [9.17, 15) is 14.0 Å². The van der Waals surface area contributed by atoms with E-state index >= 15 is 0 Å². The monoisotopic (exact) mass is 462 g/mol. The van der Waals surface area contributed by atoms with Gasteiger partial charge < -0.3 is 16.4 Å². The molecule has 0 aliphatic rings. The molecule has 3 rings (SSSR count). The van der Waals surface area contributed by atoms with Crippen LogP contribution in [0.15, 0.2) is 53.0 Å². The fraction of sp³-hybridized carbons (Fsp3) is 0.105. The molecule has 0 aliphatic heterocycles. The van der Waals surface area contributed by atoms with Crippen LogP contribution in [0.2, 0.25) is 0 Å². The van der Waals surface area contributed by atoms with E-state index in [0.29, 0.717) is 20.9 Å². The predicted molar refractivity (Wildman–Crippen MR) is 111 cm³/mol. The minimum atomic E-state index is -0.813. The standard InChI is InChI=1S/C19H16BrFN4O2S/c1-10(18(23)27)25(14-8-7-12(21)9-13(14)20)19-24-17(22)16(28-19)15(26)11-5-3-2-4-6-11/h2-10H,22H2,1H3,(H2,23,27). The Morgan fingerprint density at radius 1 is 1.21 bits per heavy atom. The molecule has 1 heterocycles. The van der Waals surface area contributed by atoms with E-state index in [1.54, 1.807) is 37.3 Å². The van der Waals surface area contributed by atoms with Gasteiger partial charge in [-0.2, -0.15) is 0 Å². The minimum Gasteiger partial charge on any atom is -0.382 e. The SMILES string of the molecule is CC(C(N)=O)N(c1nc(N)c(C(=O)c2ccccc2)s1)c1ccc(F)cc1Br. The molecule has 4 N–H and O–H groups in total. The van der Waals surface area contributed by atoms with E-state index in [-0.39, 0.29) is 16.5 Å².